The maximum Gasteiger partial charge on any atom is 0.308 e. The smallest absolute Gasteiger partial charge is 0.308 e. The van der Waals surface area contributed by atoms with Crippen molar-refractivity contribution in [1.29, 1.82) is 0 Å². The van der Waals surface area contributed by atoms with Crippen LogP contribution in [0.2, 0.25) is 0 Å². The van der Waals surface area contributed by atoms with Crippen molar-refractivity contribution in [2.24, 2.45) is 5.92 Å². The Morgan fingerprint density at radius 3 is 2.80 bits per heavy atom. The Morgan fingerprint density at radius 1 is 1.36 bits per heavy atom. The molecule has 2 aromatic rings. The number of hydrogen-bond donors (Lipinski definition) is 1. The minimum Gasteiger partial charge on any atom is -0.481 e. The highest BCUT2D eigenvalue weighted by Gasteiger charge is 2.41. The van der Waals surface area contributed by atoms with E-state index in [-0.39, 0.29) is 12.3 Å². The number of rotatable bonds is 6. The number of carboxylic acid groups (broad SMARTS) is 1. The molecule has 2 heterocycles. The van der Waals surface area contributed by atoms with E-state index in [9.17, 15) is 14.7 Å². The molecular formula is C18H21N3O4. The van der Waals surface area contributed by atoms with Crippen LogP contribution in [0.4, 0.5) is 0 Å². The van der Waals surface area contributed by atoms with E-state index in [0.29, 0.717) is 19.6 Å². The highest BCUT2D eigenvalue weighted by molar-refractivity contribution is 5.81. The van der Waals surface area contributed by atoms with E-state index in [1.807, 2.05) is 30.3 Å². The molecule has 0 spiro atoms. The largest absolute Gasteiger partial charge is 0.481 e. The third-order valence-electron chi connectivity index (χ3n) is 4.52. The monoisotopic (exact) mass is 343 g/mol. The van der Waals surface area contributed by atoms with Gasteiger partial charge in [0.15, 0.2) is 0 Å². The highest BCUT2D eigenvalue weighted by atomic mass is 16.5. The fraction of sp³-hybridized carbons (Fsp3) is 0.389. The summed E-state index contributed by atoms with van der Waals surface area (Å²) in [5.41, 5.74) is 1.60. The lowest BCUT2D eigenvalue weighted by molar-refractivity contribution is -0.152. The van der Waals surface area contributed by atoms with Crippen LogP contribution < -0.4 is 0 Å². The minimum absolute atomic E-state index is 0.0491. The third kappa shape index (κ3) is 3.56. The lowest BCUT2D eigenvalue weighted by atomic mass is 9.85. The predicted octanol–water partition coefficient (Wildman–Crippen LogP) is 1.88. The van der Waals surface area contributed by atoms with Crippen LogP contribution in [0.15, 0.2) is 42.7 Å². The van der Waals surface area contributed by atoms with Gasteiger partial charge in [0.1, 0.15) is 0 Å². The van der Waals surface area contributed by atoms with Crippen molar-refractivity contribution in [3.8, 4) is 5.69 Å². The summed E-state index contributed by atoms with van der Waals surface area (Å²) in [6.07, 6.45) is 4.02. The maximum absolute atomic E-state index is 12.4. The molecule has 1 aliphatic rings. The number of aromatic nitrogens is 2. The van der Waals surface area contributed by atoms with E-state index in [1.54, 1.807) is 29.1 Å². The van der Waals surface area contributed by atoms with E-state index < -0.39 is 17.9 Å². The van der Waals surface area contributed by atoms with Crippen LogP contribution in [-0.2, 0) is 14.3 Å². The molecule has 1 aliphatic heterocycles. The molecule has 25 heavy (non-hydrogen) atoms. The quantitative estimate of drug-likeness (QED) is 0.866. The van der Waals surface area contributed by atoms with Gasteiger partial charge in [-0.3, -0.25) is 9.59 Å². The van der Waals surface area contributed by atoms with Crippen LogP contribution in [0.25, 0.3) is 5.69 Å². The molecule has 0 unspecified atom stereocenters. The second-order valence-corrected chi connectivity index (χ2v) is 6.06. The first-order valence-electron chi connectivity index (χ1n) is 8.23. The molecule has 7 nitrogen and oxygen atoms in total. The fourth-order valence-corrected chi connectivity index (χ4v) is 3.29. The van der Waals surface area contributed by atoms with Gasteiger partial charge in [-0.2, -0.15) is 5.10 Å². The predicted molar refractivity (Wildman–Crippen MR) is 90.3 cm³/mol. The van der Waals surface area contributed by atoms with Crippen LogP contribution in [0.3, 0.4) is 0 Å². The summed E-state index contributed by atoms with van der Waals surface area (Å²) in [6.45, 7) is 0.724. The number of nitrogens with zero attached hydrogens (tertiary/aromatic N) is 3. The number of amides is 1. The summed E-state index contributed by atoms with van der Waals surface area (Å²) >= 11 is 0. The van der Waals surface area contributed by atoms with Gasteiger partial charge in [0, 0.05) is 31.8 Å². The van der Waals surface area contributed by atoms with Gasteiger partial charge in [0.25, 0.3) is 0 Å². The van der Waals surface area contributed by atoms with Crippen LogP contribution in [-0.4, -0.2) is 51.9 Å². The second-order valence-electron chi connectivity index (χ2n) is 6.06. The standard InChI is InChI=1S/C18H21N3O4/c1-25-10-9-20-16(22)8-7-15(18(23)24)17(20)13-11-19-21(12-13)14-5-3-2-4-6-14/h2-6,11-12,15,17H,7-10H2,1H3,(H,23,24)/t15-,17-/m1/s1. The number of carboxylic acids is 1. The molecule has 0 bridgehead atoms. The van der Waals surface area contributed by atoms with E-state index in [0.717, 1.165) is 11.3 Å². The summed E-state index contributed by atoms with van der Waals surface area (Å²) in [4.78, 5) is 25.7. The highest BCUT2D eigenvalue weighted by Crippen LogP contribution is 2.36. The van der Waals surface area contributed by atoms with E-state index >= 15 is 0 Å². The molecule has 1 saturated heterocycles. The molecule has 7 heteroatoms. The number of carbonyl (C=O) groups excluding carboxylic acids is 1. The molecule has 0 saturated carbocycles. The number of likely N-dealkylation sites (tertiary alicyclic amines) is 1. The molecule has 1 fully saturated rings. The third-order valence-corrected chi connectivity index (χ3v) is 4.52. The van der Waals surface area contributed by atoms with E-state index in [1.165, 1.54) is 0 Å². The van der Waals surface area contributed by atoms with Crippen molar-refractivity contribution in [2.45, 2.75) is 18.9 Å². The lowest BCUT2D eigenvalue weighted by Gasteiger charge is -2.39. The number of benzene rings is 1. The van der Waals surface area contributed by atoms with Gasteiger partial charge >= 0.3 is 5.97 Å². The Labute approximate surface area is 145 Å². The number of ether oxygens (including phenoxy) is 1. The first-order valence-corrected chi connectivity index (χ1v) is 8.23. The topological polar surface area (TPSA) is 84.7 Å². The number of carbonyl (C=O) groups is 2. The Balaban J connectivity index is 1.95. The minimum atomic E-state index is -0.896. The number of methoxy groups -OCH3 is 1. The first kappa shape index (κ1) is 17.2. The molecule has 132 valence electrons. The SMILES string of the molecule is COCCN1C(=O)CC[C@@H](C(=O)O)[C@H]1c1cnn(-c2ccccc2)c1. The number of para-hydroxylation sites is 1. The van der Waals surface area contributed by atoms with Crippen molar-refractivity contribution < 1.29 is 19.4 Å². The lowest BCUT2D eigenvalue weighted by Crippen LogP contribution is -2.46. The summed E-state index contributed by atoms with van der Waals surface area (Å²) in [5, 5.41) is 14.0. The molecular weight excluding hydrogens is 322 g/mol. The molecule has 1 aromatic carbocycles. The summed E-state index contributed by atoms with van der Waals surface area (Å²) in [6, 6.07) is 9.03. The molecule has 0 radical (unpaired) electrons. The summed E-state index contributed by atoms with van der Waals surface area (Å²) < 4.78 is 6.78. The van der Waals surface area contributed by atoms with E-state index in [2.05, 4.69) is 5.10 Å². The van der Waals surface area contributed by atoms with Crippen molar-refractivity contribution in [3.05, 3.63) is 48.3 Å². The summed E-state index contributed by atoms with van der Waals surface area (Å²) in [7, 11) is 1.56. The number of aliphatic carboxylic acids is 1. The number of hydrogen-bond acceptors (Lipinski definition) is 4. The van der Waals surface area contributed by atoms with Crippen molar-refractivity contribution in [3.63, 3.8) is 0 Å². The maximum atomic E-state index is 12.4. The van der Waals surface area contributed by atoms with Gasteiger partial charge in [-0.1, -0.05) is 18.2 Å². The van der Waals surface area contributed by atoms with Crippen molar-refractivity contribution in [2.75, 3.05) is 20.3 Å². The molecule has 2 atom stereocenters. The van der Waals surface area contributed by atoms with Gasteiger partial charge in [0.05, 0.1) is 30.5 Å². The van der Waals surface area contributed by atoms with Crippen LogP contribution in [0.5, 0.6) is 0 Å². The Kier molecular flexibility index (Phi) is 5.14. The van der Waals surface area contributed by atoms with Gasteiger partial charge in [-0.25, -0.2) is 4.68 Å². The Bertz CT molecular complexity index is 744. The first-order chi connectivity index (χ1) is 12.1. The van der Waals surface area contributed by atoms with Crippen LogP contribution in [0, 0.1) is 5.92 Å². The van der Waals surface area contributed by atoms with Gasteiger partial charge < -0.3 is 14.7 Å². The zero-order valence-electron chi connectivity index (χ0n) is 14.0. The second kappa shape index (κ2) is 7.48. The van der Waals surface area contributed by atoms with E-state index in [4.69, 9.17) is 4.74 Å². The summed E-state index contributed by atoms with van der Waals surface area (Å²) in [5.74, 6) is -1.60. The molecule has 3 rings (SSSR count). The van der Waals surface area contributed by atoms with Crippen LogP contribution >= 0.6 is 0 Å². The van der Waals surface area contributed by atoms with Crippen molar-refractivity contribution in [1.82, 2.24) is 14.7 Å². The Hall–Kier alpha value is -2.67. The fourth-order valence-electron chi connectivity index (χ4n) is 3.29. The molecule has 1 amide bonds. The normalized spacial score (nSPS) is 20.7. The zero-order chi connectivity index (χ0) is 17.8. The molecule has 1 N–H and O–H groups in total. The number of piperidine rings is 1. The van der Waals surface area contributed by atoms with Gasteiger partial charge in [-0.05, 0) is 18.6 Å². The zero-order valence-corrected chi connectivity index (χ0v) is 14.0. The average molecular weight is 343 g/mol. The Morgan fingerprint density at radius 2 is 2.12 bits per heavy atom. The van der Waals surface area contributed by atoms with Gasteiger partial charge in [0.2, 0.25) is 5.91 Å². The van der Waals surface area contributed by atoms with Crippen LogP contribution in [0.1, 0.15) is 24.4 Å². The molecule has 0 aliphatic carbocycles. The van der Waals surface area contributed by atoms with Crippen molar-refractivity contribution >= 4 is 11.9 Å². The van der Waals surface area contributed by atoms with Gasteiger partial charge in [-0.15, -0.1) is 0 Å². The molecule has 1 aromatic heterocycles. The average Bonchev–Trinajstić information content (AvgIpc) is 3.10.